The van der Waals surface area contributed by atoms with Gasteiger partial charge in [0.15, 0.2) is 0 Å². The molecule has 20 heavy (non-hydrogen) atoms. The van der Waals surface area contributed by atoms with Crippen molar-refractivity contribution in [3.63, 3.8) is 0 Å². The normalized spacial score (nSPS) is 13.8. The Hall–Kier alpha value is -1.55. The number of benzene rings is 2. The van der Waals surface area contributed by atoms with Crippen molar-refractivity contribution in [2.45, 2.75) is 18.6 Å². The molecule has 4 heteroatoms. The molecule has 2 aromatic carbocycles. The van der Waals surface area contributed by atoms with Crippen molar-refractivity contribution < 1.29 is 9.84 Å². The Bertz CT molecular complexity index is 560. The number of rotatable bonds is 5. The van der Waals surface area contributed by atoms with Crippen LogP contribution in [0.25, 0.3) is 0 Å². The number of aliphatic hydroxyl groups is 1. The fourth-order valence-corrected chi connectivity index (χ4v) is 2.34. The van der Waals surface area contributed by atoms with E-state index < -0.39 is 12.1 Å². The van der Waals surface area contributed by atoms with Crippen LogP contribution in [0.5, 0.6) is 5.75 Å². The molecule has 0 heterocycles. The van der Waals surface area contributed by atoms with Crippen molar-refractivity contribution in [2.24, 2.45) is 5.73 Å². The number of methoxy groups -OCH3 is 1. The molecule has 0 bridgehead atoms. The third kappa shape index (κ3) is 3.51. The molecule has 0 aliphatic carbocycles. The quantitative estimate of drug-likeness (QED) is 0.890. The van der Waals surface area contributed by atoms with Crippen LogP contribution < -0.4 is 10.5 Å². The first-order valence-electron chi connectivity index (χ1n) is 6.43. The van der Waals surface area contributed by atoms with E-state index in [1.165, 1.54) is 0 Å². The highest BCUT2D eigenvalue weighted by Gasteiger charge is 2.21. The summed E-state index contributed by atoms with van der Waals surface area (Å²) < 4.78 is 5.27. The lowest BCUT2D eigenvalue weighted by Gasteiger charge is -2.21. The summed E-state index contributed by atoms with van der Waals surface area (Å²) in [4.78, 5) is 0. The van der Waals surface area contributed by atoms with Crippen molar-refractivity contribution in [3.8, 4) is 5.75 Å². The number of hydrogen-bond acceptors (Lipinski definition) is 3. The van der Waals surface area contributed by atoms with E-state index >= 15 is 0 Å². The average Bonchev–Trinajstić information content (AvgIpc) is 2.47. The highest BCUT2D eigenvalue weighted by Crippen LogP contribution is 2.29. The minimum Gasteiger partial charge on any atom is -0.496 e. The molecule has 0 unspecified atom stereocenters. The van der Waals surface area contributed by atoms with E-state index in [1.54, 1.807) is 25.3 Å². The first kappa shape index (κ1) is 14.9. The second kappa shape index (κ2) is 6.75. The maximum Gasteiger partial charge on any atom is 0.123 e. The maximum atomic E-state index is 10.3. The standard InChI is InChI=1S/C16H18ClNO2/c1-20-15-8-7-12(17)10-13(15)16(18)14(19)9-11-5-3-2-4-6-11/h2-8,10,14,16,19H,9,18H2,1H3/t14-,16+/m0/s1. The number of aliphatic hydroxyl groups excluding tert-OH is 1. The van der Waals surface area contributed by atoms with Gasteiger partial charge in [0.1, 0.15) is 5.75 Å². The van der Waals surface area contributed by atoms with Crippen LogP contribution in [0.1, 0.15) is 17.2 Å². The molecular formula is C16H18ClNO2. The summed E-state index contributed by atoms with van der Waals surface area (Å²) in [6, 6.07) is 14.4. The van der Waals surface area contributed by atoms with Gasteiger partial charge in [-0.1, -0.05) is 41.9 Å². The smallest absolute Gasteiger partial charge is 0.123 e. The second-order valence-corrected chi connectivity index (χ2v) is 5.11. The fourth-order valence-electron chi connectivity index (χ4n) is 2.16. The van der Waals surface area contributed by atoms with Crippen molar-refractivity contribution in [2.75, 3.05) is 7.11 Å². The highest BCUT2D eigenvalue weighted by atomic mass is 35.5. The Morgan fingerprint density at radius 3 is 2.55 bits per heavy atom. The van der Waals surface area contributed by atoms with Crippen molar-refractivity contribution in [1.29, 1.82) is 0 Å². The van der Waals surface area contributed by atoms with Gasteiger partial charge in [-0.2, -0.15) is 0 Å². The summed E-state index contributed by atoms with van der Waals surface area (Å²) in [6.07, 6.45) is -0.220. The van der Waals surface area contributed by atoms with E-state index in [-0.39, 0.29) is 0 Å². The second-order valence-electron chi connectivity index (χ2n) is 4.67. The zero-order chi connectivity index (χ0) is 14.5. The lowest BCUT2D eigenvalue weighted by Crippen LogP contribution is -2.28. The van der Waals surface area contributed by atoms with Crippen LogP contribution in [0.15, 0.2) is 48.5 Å². The van der Waals surface area contributed by atoms with E-state index in [2.05, 4.69) is 0 Å². The molecule has 106 valence electrons. The van der Waals surface area contributed by atoms with Crippen LogP contribution in [-0.4, -0.2) is 18.3 Å². The molecule has 0 aliphatic heterocycles. The van der Waals surface area contributed by atoms with Crippen molar-refractivity contribution in [1.82, 2.24) is 0 Å². The molecule has 0 spiro atoms. The molecule has 3 N–H and O–H groups in total. The summed E-state index contributed by atoms with van der Waals surface area (Å²) in [5.41, 5.74) is 7.89. The van der Waals surface area contributed by atoms with Gasteiger partial charge in [0.05, 0.1) is 19.3 Å². The Morgan fingerprint density at radius 1 is 1.20 bits per heavy atom. The molecule has 0 fully saturated rings. The molecule has 0 saturated heterocycles. The molecule has 2 aromatic rings. The number of ether oxygens (including phenoxy) is 1. The predicted molar refractivity (Wildman–Crippen MR) is 81.1 cm³/mol. The van der Waals surface area contributed by atoms with Gasteiger partial charge >= 0.3 is 0 Å². The third-order valence-electron chi connectivity index (χ3n) is 3.25. The van der Waals surface area contributed by atoms with E-state index in [9.17, 15) is 5.11 Å². The van der Waals surface area contributed by atoms with Crippen LogP contribution >= 0.6 is 11.6 Å². The van der Waals surface area contributed by atoms with Gasteiger partial charge in [-0.25, -0.2) is 0 Å². The van der Waals surface area contributed by atoms with Gasteiger partial charge in [-0.3, -0.25) is 0 Å². The molecule has 0 radical (unpaired) electrons. The summed E-state index contributed by atoms with van der Waals surface area (Å²) in [6.45, 7) is 0. The molecule has 0 aromatic heterocycles. The first-order valence-corrected chi connectivity index (χ1v) is 6.80. The van der Waals surface area contributed by atoms with Gasteiger partial charge in [-0.15, -0.1) is 0 Å². The van der Waals surface area contributed by atoms with Crippen LogP contribution in [0, 0.1) is 0 Å². The van der Waals surface area contributed by atoms with Gasteiger partial charge in [0, 0.05) is 17.0 Å². The zero-order valence-corrected chi connectivity index (χ0v) is 12.0. The summed E-state index contributed by atoms with van der Waals surface area (Å²) in [5, 5.41) is 10.9. The zero-order valence-electron chi connectivity index (χ0n) is 11.3. The van der Waals surface area contributed by atoms with Crippen LogP contribution in [0.2, 0.25) is 5.02 Å². The molecule has 2 atom stereocenters. The topological polar surface area (TPSA) is 55.5 Å². The molecule has 0 amide bonds. The fraction of sp³-hybridized carbons (Fsp3) is 0.250. The van der Waals surface area contributed by atoms with E-state index in [0.717, 1.165) is 5.56 Å². The minimum absolute atomic E-state index is 0.484. The van der Waals surface area contributed by atoms with Crippen molar-refractivity contribution in [3.05, 3.63) is 64.7 Å². The molecular weight excluding hydrogens is 274 g/mol. The SMILES string of the molecule is COc1ccc(Cl)cc1[C@@H](N)[C@@H](O)Cc1ccccc1. The largest absolute Gasteiger partial charge is 0.496 e. The van der Waals surface area contributed by atoms with Gasteiger partial charge in [0.25, 0.3) is 0 Å². The van der Waals surface area contributed by atoms with Gasteiger partial charge in [-0.05, 0) is 23.8 Å². The Labute approximate surface area is 123 Å². The van der Waals surface area contributed by atoms with Gasteiger partial charge < -0.3 is 15.6 Å². The van der Waals surface area contributed by atoms with Crippen LogP contribution in [-0.2, 0) is 6.42 Å². The van der Waals surface area contributed by atoms with E-state index in [4.69, 9.17) is 22.1 Å². The lowest BCUT2D eigenvalue weighted by molar-refractivity contribution is 0.143. The Morgan fingerprint density at radius 2 is 1.90 bits per heavy atom. The molecule has 2 rings (SSSR count). The molecule has 0 aliphatic rings. The number of nitrogens with two attached hydrogens (primary N) is 1. The highest BCUT2D eigenvalue weighted by molar-refractivity contribution is 6.30. The molecule has 3 nitrogen and oxygen atoms in total. The van der Waals surface area contributed by atoms with Gasteiger partial charge in [0.2, 0.25) is 0 Å². The average molecular weight is 292 g/mol. The maximum absolute atomic E-state index is 10.3. The van der Waals surface area contributed by atoms with Crippen LogP contribution in [0.4, 0.5) is 0 Å². The molecule has 0 saturated carbocycles. The lowest BCUT2D eigenvalue weighted by atomic mass is 9.96. The van der Waals surface area contributed by atoms with Crippen molar-refractivity contribution >= 4 is 11.6 Å². The monoisotopic (exact) mass is 291 g/mol. The summed E-state index contributed by atoms with van der Waals surface area (Å²) in [7, 11) is 1.57. The summed E-state index contributed by atoms with van der Waals surface area (Å²) in [5.74, 6) is 0.633. The predicted octanol–water partition coefficient (Wildman–Crippen LogP) is 2.95. The minimum atomic E-state index is -0.704. The number of halogens is 1. The third-order valence-corrected chi connectivity index (χ3v) is 3.49. The van der Waals surface area contributed by atoms with Crippen LogP contribution in [0.3, 0.4) is 0 Å². The number of hydrogen-bond donors (Lipinski definition) is 2. The first-order chi connectivity index (χ1) is 9.61. The Balaban J connectivity index is 2.18. The summed E-state index contributed by atoms with van der Waals surface area (Å²) >= 11 is 5.99. The Kier molecular flexibility index (Phi) is 5.01. The van der Waals surface area contributed by atoms with E-state index in [0.29, 0.717) is 22.8 Å². The van der Waals surface area contributed by atoms with E-state index in [1.807, 2.05) is 30.3 Å².